The van der Waals surface area contributed by atoms with Crippen LogP contribution in [0, 0.1) is 6.92 Å². The van der Waals surface area contributed by atoms with Crippen LogP contribution in [0.2, 0.25) is 5.15 Å². The Morgan fingerprint density at radius 3 is 2.59 bits per heavy atom. The molecule has 0 unspecified atom stereocenters. The number of imidazole rings is 1. The molecule has 0 atom stereocenters. The third-order valence-electron chi connectivity index (χ3n) is 6.02. The highest BCUT2D eigenvalue weighted by Crippen LogP contribution is 2.37. The highest BCUT2D eigenvalue weighted by molar-refractivity contribution is 6.32. The first-order valence-corrected chi connectivity index (χ1v) is 10.9. The lowest BCUT2D eigenvalue weighted by Crippen LogP contribution is -2.53. The molecule has 1 aliphatic carbocycles. The van der Waals surface area contributed by atoms with Gasteiger partial charge in [-0.25, -0.2) is 4.98 Å². The number of carbonyl (C=O) groups excluding carboxylic acids is 1. The second-order valence-corrected chi connectivity index (χ2v) is 9.18. The smallest absolute Gasteiger partial charge is 0.251 e. The number of rotatable bonds is 4. The minimum atomic E-state index is -0.687. The lowest BCUT2D eigenvalue weighted by molar-refractivity contribution is -0.0366. The highest BCUT2D eigenvalue weighted by atomic mass is 35.5. The van der Waals surface area contributed by atoms with Crippen molar-refractivity contribution in [3.63, 3.8) is 0 Å². The van der Waals surface area contributed by atoms with Crippen LogP contribution < -0.4 is 5.32 Å². The minimum absolute atomic E-state index is 0.0118. The van der Waals surface area contributed by atoms with E-state index in [1.165, 1.54) is 0 Å². The molecular weight excluding hydrogens is 426 g/mol. The molecule has 0 bridgehead atoms. The van der Waals surface area contributed by atoms with Gasteiger partial charge in [0.25, 0.3) is 5.91 Å². The summed E-state index contributed by atoms with van der Waals surface area (Å²) in [6, 6.07) is 11.4. The second kappa shape index (κ2) is 7.46. The first kappa shape index (κ1) is 20.7. The van der Waals surface area contributed by atoms with Gasteiger partial charge in [-0.1, -0.05) is 35.9 Å². The zero-order valence-corrected chi connectivity index (χ0v) is 18.9. The lowest BCUT2D eigenvalue weighted by atomic mass is 9.77. The van der Waals surface area contributed by atoms with Gasteiger partial charge in [-0.05, 0) is 44.4 Å². The second-order valence-electron chi connectivity index (χ2n) is 8.82. The molecule has 3 heterocycles. The summed E-state index contributed by atoms with van der Waals surface area (Å²) in [6.07, 6.45) is 4.87. The van der Waals surface area contributed by atoms with Gasteiger partial charge in [0.05, 0.1) is 11.3 Å². The number of fused-ring (bicyclic) bond motifs is 1. The van der Waals surface area contributed by atoms with E-state index in [1.54, 1.807) is 34.3 Å². The molecule has 1 aromatic carbocycles. The Balaban J connectivity index is 1.51. The molecular formula is C24H24ClN5O2. The summed E-state index contributed by atoms with van der Waals surface area (Å²) in [5, 5.41) is 17.8. The van der Waals surface area contributed by atoms with Gasteiger partial charge in [-0.3, -0.25) is 13.9 Å². The van der Waals surface area contributed by atoms with Crippen molar-refractivity contribution in [2.45, 2.75) is 38.3 Å². The number of aryl methyl sites for hydroxylation is 2. The molecule has 0 spiro atoms. The third-order valence-corrected chi connectivity index (χ3v) is 6.38. The van der Waals surface area contributed by atoms with Crippen molar-refractivity contribution in [3.8, 4) is 22.4 Å². The van der Waals surface area contributed by atoms with Gasteiger partial charge in [-0.2, -0.15) is 5.10 Å². The van der Waals surface area contributed by atoms with E-state index in [-0.39, 0.29) is 11.9 Å². The van der Waals surface area contributed by atoms with Crippen LogP contribution >= 0.6 is 11.6 Å². The Labute approximate surface area is 190 Å². The summed E-state index contributed by atoms with van der Waals surface area (Å²) >= 11 is 6.73. The molecule has 5 rings (SSSR count). The normalized spacial score (nSPS) is 20.3. The van der Waals surface area contributed by atoms with Crippen molar-refractivity contribution in [1.29, 1.82) is 0 Å². The number of nitrogens with zero attached hydrogens (tertiary/aromatic N) is 4. The van der Waals surface area contributed by atoms with Crippen molar-refractivity contribution in [2.24, 2.45) is 7.05 Å². The standard InChI is InChI=1S/C24H24ClN5O2/c1-14-19(13-29(3)28-14)17-6-4-5-7-18(17)21-22(25)30-9-8-15(10-20(30)27-21)23(31)26-16-11-24(2,32)12-16/h4-10,13,16,32H,11-12H2,1-3H3,(H,26,31). The highest BCUT2D eigenvalue weighted by Gasteiger charge is 2.39. The van der Waals surface area contributed by atoms with Gasteiger partial charge < -0.3 is 10.4 Å². The van der Waals surface area contributed by atoms with Crippen LogP contribution in [-0.4, -0.2) is 41.8 Å². The fourth-order valence-electron chi connectivity index (χ4n) is 4.49. The van der Waals surface area contributed by atoms with Crippen LogP contribution in [0.1, 0.15) is 35.8 Å². The Morgan fingerprint density at radius 1 is 1.22 bits per heavy atom. The molecule has 2 N–H and O–H groups in total. The molecule has 0 radical (unpaired) electrons. The molecule has 1 aliphatic rings. The molecule has 4 aromatic rings. The van der Waals surface area contributed by atoms with E-state index in [0.29, 0.717) is 34.9 Å². The summed E-state index contributed by atoms with van der Waals surface area (Å²) in [4.78, 5) is 17.4. The van der Waals surface area contributed by atoms with E-state index in [1.807, 2.05) is 44.4 Å². The number of amides is 1. The molecule has 7 nitrogen and oxygen atoms in total. The van der Waals surface area contributed by atoms with Crippen molar-refractivity contribution in [3.05, 3.63) is 65.2 Å². The van der Waals surface area contributed by atoms with Gasteiger partial charge >= 0.3 is 0 Å². The third kappa shape index (κ3) is 3.57. The number of halogens is 1. The van der Waals surface area contributed by atoms with Crippen LogP contribution in [0.15, 0.2) is 48.8 Å². The SMILES string of the molecule is Cc1nn(C)cc1-c1ccccc1-c1nc2cc(C(=O)NC3CC(C)(O)C3)ccn2c1Cl. The molecule has 3 aromatic heterocycles. The molecule has 0 saturated heterocycles. The average molecular weight is 450 g/mol. The number of pyridine rings is 1. The quantitative estimate of drug-likeness (QED) is 0.493. The number of hydrogen-bond acceptors (Lipinski definition) is 4. The van der Waals surface area contributed by atoms with Crippen LogP contribution in [0.25, 0.3) is 28.0 Å². The van der Waals surface area contributed by atoms with Crippen molar-refractivity contribution in [2.75, 3.05) is 0 Å². The largest absolute Gasteiger partial charge is 0.390 e. The van der Waals surface area contributed by atoms with Gasteiger partial charge in [-0.15, -0.1) is 0 Å². The lowest BCUT2D eigenvalue weighted by Gasteiger charge is -2.41. The van der Waals surface area contributed by atoms with Crippen molar-refractivity contribution in [1.82, 2.24) is 24.5 Å². The summed E-state index contributed by atoms with van der Waals surface area (Å²) in [6.45, 7) is 3.75. The first-order chi connectivity index (χ1) is 15.2. The van der Waals surface area contributed by atoms with Crippen LogP contribution in [0.3, 0.4) is 0 Å². The fourth-order valence-corrected chi connectivity index (χ4v) is 4.78. The maximum absolute atomic E-state index is 12.7. The number of aliphatic hydroxyl groups is 1. The van der Waals surface area contributed by atoms with Crippen LogP contribution in [0.5, 0.6) is 0 Å². The number of benzene rings is 1. The Kier molecular flexibility index (Phi) is 4.83. The number of nitrogens with one attached hydrogen (secondary N) is 1. The monoisotopic (exact) mass is 449 g/mol. The minimum Gasteiger partial charge on any atom is -0.390 e. The van der Waals surface area contributed by atoms with E-state index >= 15 is 0 Å². The predicted molar refractivity (Wildman–Crippen MR) is 124 cm³/mol. The molecule has 1 saturated carbocycles. The summed E-state index contributed by atoms with van der Waals surface area (Å²) < 4.78 is 3.56. The van der Waals surface area contributed by atoms with E-state index in [9.17, 15) is 9.90 Å². The number of hydrogen-bond donors (Lipinski definition) is 2. The maximum Gasteiger partial charge on any atom is 0.251 e. The van der Waals surface area contributed by atoms with Gasteiger partial charge in [0, 0.05) is 42.2 Å². The van der Waals surface area contributed by atoms with Gasteiger partial charge in [0.1, 0.15) is 16.5 Å². The van der Waals surface area contributed by atoms with Crippen molar-refractivity contribution < 1.29 is 9.90 Å². The van der Waals surface area contributed by atoms with Crippen LogP contribution in [-0.2, 0) is 7.05 Å². The van der Waals surface area contributed by atoms with Gasteiger partial charge in [0.15, 0.2) is 0 Å². The van der Waals surface area contributed by atoms with Crippen LogP contribution in [0.4, 0.5) is 0 Å². The molecule has 164 valence electrons. The zero-order chi connectivity index (χ0) is 22.6. The number of aromatic nitrogens is 4. The molecule has 8 heteroatoms. The molecule has 32 heavy (non-hydrogen) atoms. The Bertz CT molecular complexity index is 1350. The topological polar surface area (TPSA) is 84.5 Å². The maximum atomic E-state index is 12.7. The van der Waals surface area contributed by atoms with E-state index in [0.717, 1.165) is 22.4 Å². The number of carbonyl (C=O) groups is 1. The Hall–Kier alpha value is -3.16. The first-order valence-electron chi connectivity index (χ1n) is 10.5. The van der Waals surface area contributed by atoms with E-state index in [4.69, 9.17) is 16.6 Å². The zero-order valence-electron chi connectivity index (χ0n) is 18.1. The summed E-state index contributed by atoms with van der Waals surface area (Å²) in [5.41, 5.74) is 4.91. The van der Waals surface area contributed by atoms with Crippen molar-refractivity contribution >= 4 is 23.2 Å². The van der Waals surface area contributed by atoms with E-state index in [2.05, 4.69) is 10.4 Å². The summed E-state index contributed by atoms with van der Waals surface area (Å²) in [7, 11) is 1.90. The van der Waals surface area contributed by atoms with Gasteiger partial charge in [0.2, 0.25) is 0 Å². The predicted octanol–water partition coefficient (Wildman–Crippen LogP) is 4.01. The Morgan fingerprint density at radius 2 is 1.94 bits per heavy atom. The average Bonchev–Trinajstić information content (AvgIpc) is 3.24. The summed E-state index contributed by atoms with van der Waals surface area (Å²) in [5.74, 6) is -0.181. The molecule has 0 aliphatic heterocycles. The fraction of sp³-hybridized carbons (Fsp3) is 0.292. The molecule has 1 amide bonds. The van der Waals surface area contributed by atoms with E-state index < -0.39 is 5.60 Å². The molecule has 1 fully saturated rings.